The van der Waals surface area contributed by atoms with Crippen molar-refractivity contribution >= 4 is 11.7 Å². The number of amides is 1. The van der Waals surface area contributed by atoms with Crippen LogP contribution in [-0.4, -0.2) is 17.6 Å². The maximum atomic E-state index is 11.8. The number of carbonyl (C=O) groups is 1. The molecular formula is C12H18N2O2. The number of hydrogen-bond donors (Lipinski definition) is 0. The van der Waals surface area contributed by atoms with Gasteiger partial charge in [-0.3, -0.25) is 9.69 Å². The second-order valence-corrected chi connectivity index (χ2v) is 5.48. The van der Waals surface area contributed by atoms with Crippen molar-refractivity contribution in [2.75, 3.05) is 11.4 Å². The number of carbonyl (C=O) groups excluding carboxylic acids is 1. The van der Waals surface area contributed by atoms with Gasteiger partial charge in [-0.25, -0.2) is 0 Å². The van der Waals surface area contributed by atoms with E-state index >= 15 is 0 Å². The molecule has 0 N–H and O–H groups in total. The van der Waals surface area contributed by atoms with Gasteiger partial charge in [-0.2, -0.15) is 0 Å². The molecule has 16 heavy (non-hydrogen) atoms. The van der Waals surface area contributed by atoms with Crippen LogP contribution in [0.4, 0.5) is 5.82 Å². The molecule has 0 bridgehead atoms. The third-order valence-electron chi connectivity index (χ3n) is 2.99. The molecule has 1 aliphatic rings. The molecule has 1 aliphatic heterocycles. The monoisotopic (exact) mass is 222 g/mol. The van der Waals surface area contributed by atoms with Gasteiger partial charge >= 0.3 is 0 Å². The molecule has 0 saturated carbocycles. The number of rotatable bonds is 1. The molecule has 1 unspecified atom stereocenters. The molecular weight excluding hydrogens is 204 g/mol. The topological polar surface area (TPSA) is 46.3 Å². The minimum Gasteiger partial charge on any atom is -0.359 e. The lowest BCUT2D eigenvalue weighted by Crippen LogP contribution is -2.26. The lowest BCUT2D eigenvalue weighted by atomic mass is 9.93. The van der Waals surface area contributed by atoms with E-state index < -0.39 is 0 Å². The van der Waals surface area contributed by atoms with E-state index in [1.54, 1.807) is 4.90 Å². The van der Waals surface area contributed by atoms with Crippen LogP contribution in [0.3, 0.4) is 0 Å². The van der Waals surface area contributed by atoms with Gasteiger partial charge in [-0.1, -0.05) is 32.9 Å². The van der Waals surface area contributed by atoms with Crippen molar-refractivity contribution in [3.63, 3.8) is 0 Å². The first-order chi connectivity index (χ1) is 7.39. The third-order valence-corrected chi connectivity index (χ3v) is 2.99. The maximum Gasteiger partial charge on any atom is 0.231 e. The highest BCUT2D eigenvalue weighted by atomic mass is 16.5. The fourth-order valence-corrected chi connectivity index (χ4v) is 1.80. The van der Waals surface area contributed by atoms with E-state index in [2.05, 4.69) is 25.9 Å². The van der Waals surface area contributed by atoms with Gasteiger partial charge < -0.3 is 4.52 Å². The van der Waals surface area contributed by atoms with Crippen LogP contribution in [0.25, 0.3) is 0 Å². The Morgan fingerprint density at radius 1 is 1.50 bits per heavy atom. The van der Waals surface area contributed by atoms with Crippen LogP contribution in [0.2, 0.25) is 0 Å². The van der Waals surface area contributed by atoms with Gasteiger partial charge in [-0.15, -0.1) is 0 Å². The second kappa shape index (κ2) is 3.61. The van der Waals surface area contributed by atoms with Gasteiger partial charge in [0.25, 0.3) is 0 Å². The van der Waals surface area contributed by atoms with Gasteiger partial charge in [0, 0.05) is 23.9 Å². The Kier molecular flexibility index (Phi) is 2.52. The summed E-state index contributed by atoms with van der Waals surface area (Å²) in [6.07, 6.45) is 0.899. The lowest BCUT2D eigenvalue weighted by molar-refractivity contribution is -0.119. The summed E-state index contributed by atoms with van der Waals surface area (Å²) in [7, 11) is 0. The van der Waals surface area contributed by atoms with Crippen molar-refractivity contribution in [3.8, 4) is 0 Å². The summed E-state index contributed by atoms with van der Waals surface area (Å²) in [6, 6.07) is 1.87. The van der Waals surface area contributed by atoms with Crippen LogP contribution in [0, 0.1) is 5.92 Å². The zero-order chi connectivity index (χ0) is 11.9. The molecule has 2 rings (SSSR count). The van der Waals surface area contributed by atoms with Crippen LogP contribution >= 0.6 is 0 Å². The van der Waals surface area contributed by atoms with Gasteiger partial charge in [0.1, 0.15) is 5.76 Å². The second-order valence-electron chi connectivity index (χ2n) is 5.48. The first-order valence-electron chi connectivity index (χ1n) is 5.68. The quantitative estimate of drug-likeness (QED) is 0.732. The third kappa shape index (κ3) is 1.84. The average Bonchev–Trinajstić information content (AvgIpc) is 2.74. The number of aromatic nitrogens is 1. The van der Waals surface area contributed by atoms with Crippen molar-refractivity contribution in [1.29, 1.82) is 0 Å². The zero-order valence-electron chi connectivity index (χ0n) is 10.3. The van der Waals surface area contributed by atoms with Crippen LogP contribution in [-0.2, 0) is 10.2 Å². The van der Waals surface area contributed by atoms with Crippen LogP contribution < -0.4 is 4.90 Å². The highest BCUT2D eigenvalue weighted by molar-refractivity contribution is 5.96. The predicted octanol–water partition coefficient (Wildman–Crippen LogP) is 2.34. The Morgan fingerprint density at radius 2 is 2.19 bits per heavy atom. The number of hydrogen-bond acceptors (Lipinski definition) is 3. The van der Waals surface area contributed by atoms with Crippen molar-refractivity contribution in [2.45, 2.75) is 39.5 Å². The van der Waals surface area contributed by atoms with E-state index in [-0.39, 0.29) is 17.2 Å². The van der Waals surface area contributed by atoms with Crippen molar-refractivity contribution in [2.24, 2.45) is 5.92 Å². The summed E-state index contributed by atoms with van der Waals surface area (Å²) in [4.78, 5) is 13.5. The fraction of sp³-hybridized carbons (Fsp3) is 0.667. The fourth-order valence-electron chi connectivity index (χ4n) is 1.80. The lowest BCUT2D eigenvalue weighted by Gasteiger charge is -2.13. The summed E-state index contributed by atoms with van der Waals surface area (Å²) < 4.78 is 5.28. The SMILES string of the molecule is CC1CCN(c2cc(C(C)(C)C)on2)C1=O. The summed E-state index contributed by atoms with van der Waals surface area (Å²) in [5, 5.41) is 3.98. The molecule has 1 saturated heterocycles. The molecule has 2 heterocycles. The molecule has 1 atom stereocenters. The summed E-state index contributed by atoms with van der Waals surface area (Å²) in [5.41, 5.74) is -0.0698. The molecule has 1 aromatic heterocycles. The summed E-state index contributed by atoms with van der Waals surface area (Å²) in [5.74, 6) is 1.72. The maximum absolute atomic E-state index is 11.8. The molecule has 88 valence electrons. The normalized spacial score (nSPS) is 21.9. The molecule has 0 aliphatic carbocycles. The van der Waals surface area contributed by atoms with E-state index in [0.717, 1.165) is 18.7 Å². The van der Waals surface area contributed by atoms with Gasteiger partial charge in [-0.05, 0) is 6.42 Å². The Balaban J connectivity index is 2.23. The van der Waals surface area contributed by atoms with Crippen LogP contribution in [0.5, 0.6) is 0 Å². The highest BCUT2D eigenvalue weighted by Crippen LogP contribution is 2.29. The highest BCUT2D eigenvalue weighted by Gasteiger charge is 2.32. The van der Waals surface area contributed by atoms with E-state index in [9.17, 15) is 4.79 Å². The molecule has 1 amide bonds. The minimum absolute atomic E-state index is 0.0698. The predicted molar refractivity (Wildman–Crippen MR) is 61.3 cm³/mol. The molecule has 1 aromatic rings. The van der Waals surface area contributed by atoms with E-state index in [4.69, 9.17) is 4.52 Å². The molecule has 0 aromatic carbocycles. The molecule has 4 heteroatoms. The van der Waals surface area contributed by atoms with Crippen molar-refractivity contribution in [1.82, 2.24) is 5.16 Å². The van der Waals surface area contributed by atoms with Gasteiger partial charge in [0.15, 0.2) is 5.82 Å². The van der Waals surface area contributed by atoms with Crippen LogP contribution in [0.1, 0.15) is 39.9 Å². The summed E-state index contributed by atoms with van der Waals surface area (Å²) in [6.45, 7) is 8.88. The van der Waals surface area contributed by atoms with Crippen molar-refractivity contribution < 1.29 is 9.32 Å². The Hall–Kier alpha value is -1.32. The molecule has 0 radical (unpaired) electrons. The first kappa shape index (κ1) is 11.2. The van der Waals surface area contributed by atoms with E-state index in [0.29, 0.717) is 5.82 Å². The average molecular weight is 222 g/mol. The standard InChI is InChI=1S/C12H18N2O2/c1-8-5-6-14(11(8)15)10-7-9(16-13-10)12(2,3)4/h7-8H,5-6H2,1-4H3. The largest absolute Gasteiger partial charge is 0.359 e. The molecule has 0 spiro atoms. The number of anilines is 1. The Morgan fingerprint density at radius 3 is 2.62 bits per heavy atom. The summed E-state index contributed by atoms with van der Waals surface area (Å²) >= 11 is 0. The number of nitrogens with zero attached hydrogens (tertiary/aromatic N) is 2. The van der Waals surface area contributed by atoms with E-state index in [1.165, 1.54) is 0 Å². The smallest absolute Gasteiger partial charge is 0.231 e. The molecule has 1 fully saturated rings. The first-order valence-corrected chi connectivity index (χ1v) is 5.68. The Labute approximate surface area is 95.6 Å². The van der Waals surface area contributed by atoms with Crippen molar-refractivity contribution in [3.05, 3.63) is 11.8 Å². The minimum atomic E-state index is -0.0698. The zero-order valence-corrected chi connectivity index (χ0v) is 10.3. The van der Waals surface area contributed by atoms with E-state index in [1.807, 2.05) is 13.0 Å². The molecule has 4 nitrogen and oxygen atoms in total. The Bertz CT molecular complexity index is 403. The van der Waals surface area contributed by atoms with Crippen LogP contribution in [0.15, 0.2) is 10.6 Å². The van der Waals surface area contributed by atoms with Gasteiger partial charge in [0.05, 0.1) is 0 Å². The van der Waals surface area contributed by atoms with Gasteiger partial charge in [0.2, 0.25) is 5.91 Å².